The van der Waals surface area contributed by atoms with Crippen LogP contribution in [0.3, 0.4) is 0 Å². The highest BCUT2D eigenvalue weighted by Gasteiger charge is 2.04. The van der Waals surface area contributed by atoms with Crippen molar-refractivity contribution in [3.8, 4) is 11.8 Å². The van der Waals surface area contributed by atoms with Crippen molar-refractivity contribution in [1.82, 2.24) is 0 Å². The molecule has 0 aromatic heterocycles. The molecule has 0 bridgehead atoms. The maximum Gasteiger partial charge on any atom is 0.119 e. The fourth-order valence-electron chi connectivity index (χ4n) is 1.19. The van der Waals surface area contributed by atoms with Crippen molar-refractivity contribution in [1.29, 1.82) is 5.26 Å². The summed E-state index contributed by atoms with van der Waals surface area (Å²) in [6.45, 7) is 2.60. The molecular weight excluding hydrogens is 176 g/mol. The van der Waals surface area contributed by atoms with Crippen molar-refractivity contribution in [2.45, 2.75) is 19.4 Å². The van der Waals surface area contributed by atoms with Crippen LogP contribution in [0.15, 0.2) is 24.3 Å². The second-order valence-corrected chi connectivity index (χ2v) is 2.97. The highest BCUT2D eigenvalue weighted by molar-refractivity contribution is 5.29. The minimum Gasteiger partial charge on any atom is -0.494 e. The Morgan fingerprint density at radius 2 is 2.07 bits per heavy atom. The van der Waals surface area contributed by atoms with E-state index >= 15 is 0 Å². The summed E-state index contributed by atoms with van der Waals surface area (Å²) in [6.07, 6.45) is 0.341. The standard InChI is InChI=1S/C11H14N2O/c1-2-14-10-5-3-9(4-6-10)11(13)7-8-12/h3-6,11H,2,7,13H2,1H3/t11-/m1/s1. The predicted molar refractivity (Wildman–Crippen MR) is 54.8 cm³/mol. The van der Waals surface area contributed by atoms with E-state index in [2.05, 4.69) is 0 Å². The molecule has 0 radical (unpaired) electrons. The Morgan fingerprint density at radius 1 is 1.43 bits per heavy atom. The van der Waals surface area contributed by atoms with Gasteiger partial charge < -0.3 is 10.5 Å². The molecule has 1 atom stereocenters. The number of nitrogens with zero attached hydrogens (tertiary/aromatic N) is 1. The van der Waals surface area contributed by atoms with Gasteiger partial charge in [0.15, 0.2) is 0 Å². The third kappa shape index (κ3) is 2.75. The van der Waals surface area contributed by atoms with Gasteiger partial charge >= 0.3 is 0 Å². The molecule has 0 fully saturated rings. The van der Waals surface area contributed by atoms with E-state index in [-0.39, 0.29) is 6.04 Å². The van der Waals surface area contributed by atoms with Crippen molar-refractivity contribution >= 4 is 0 Å². The predicted octanol–water partition coefficient (Wildman–Crippen LogP) is 2.00. The smallest absolute Gasteiger partial charge is 0.119 e. The zero-order valence-corrected chi connectivity index (χ0v) is 8.23. The van der Waals surface area contributed by atoms with Crippen LogP contribution in [0.25, 0.3) is 0 Å². The Labute approximate surface area is 84.1 Å². The molecule has 0 aliphatic heterocycles. The molecule has 0 saturated heterocycles. The van der Waals surface area contributed by atoms with Gasteiger partial charge in [0.2, 0.25) is 0 Å². The molecule has 0 amide bonds. The second-order valence-electron chi connectivity index (χ2n) is 2.97. The molecule has 1 rings (SSSR count). The van der Waals surface area contributed by atoms with Gasteiger partial charge in [0.25, 0.3) is 0 Å². The van der Waals surface area contributed by atoms with E-state index in [1.165, 1.54) is 0 Å². The minimum absolute atomic E-state index is 0.198. The number of nitriles is 1. The van der Waals surface area contributed by atoms with E-state index in [0.717, 1.165) is 11.3 Å². The van der Waals surface area contributed by atoms with Gasteiger partial charge in [-0.1, -0.05) is 12.1 Å². The number of hydrogen-bond donors (Lipinski definition) is 1. The fourth-order valence-corrected chi connectivity index (χ4v) is 1.19. The van der Waals surface area contributed by atoms with Crippen LogP contribution in [0.1, 0.15) is 24.9 Å². The Kier molecular flexibility index (Phi) is 3.96. The molecule has 3 nitrogen and oxygen atoms in total. The summed E-state index contributed by atoms with van der Waals surface area (Å²) in [7, 11) is 0. The molecular formula is C11H14N2O. The van der Waals surface area contributed by atoms with Crippen molar-refractivity contribution in [3.05, 3.63) is 29.8 Å². The van der Waals surface area contributed by atoms with E-state index < -0.39 is 0 Å². The van der Waals surface area contributed by atoms with E-state index in [1.807, 2.05) is 37.3 Å². The van der Waals surface area contributed by atoms with Crippen LogP contribution in [0.4, 0.5) is 0 Å². The highest BCUT2D eigenvalue weighted by Crippen LogP contribution is 2.17. The lowest BCUT2D eigenvalue weighted by molar-refractivity contribution is 0.340. The Balaban J connectivity index is 2.68. The van der Waals surface area contributed by atoms with Crippen LogP contribution in [-0.4, -0.2) is 6.61 Å². The van der Waals surface area contributed by atoms with E-state index in [9.17, 15) is 0 Å². The molecule has 14 heavy (non-hydrogen) atoms. The molecule has 3 heteroatoms. The van der Waals surface area contributed by atoms with Crippen LogP contribution in [0.2, 0.25) is 0 Å². The SMILES string of the molecule is CCOc1ccc([C@H](N)CC#N)cc1. The molecule has 1 aromatic carbocycles. The average Bonchev–Trinajstić information content (AvgIpc) is 2.20. The monoisotopic (exact) mass is 190 g/mol. The zero-order valence-electron chi connectivity index (χ0n) is 8.23. The maximum atomic E-state index is 8.48. The lowest BCUT2D eigenvalue weighted by Gasteiger charge is -2.08. The molecule has 2 N–H and O–H groups in total. The summed E-state index contributed by atoms with van der Waals surface area (Å²) < 4.78 is 5.29. The van der Waals surface area contributed by atoms with Gasteiger partial charge in [-0.15, -0.1) is 0 Å². The van der Waals surface area contributed by atoms with Crippen LogP contribution < -0.4 is 10.5 Å². The average molecular weight is 190 g/mol. The van der Waals surface area contributed by atoms with Crippen LogP contribution in [0, 0.1) is 11.3 Å². The highest BCUT2D eigenvalue weighted by atomic mass is 16.5. The summed E-state index contributed by atoms with van der Waals surface area (Å²) in [4.78, 5) is 0. The first-order chi connectivity index (χ1) is 6.77. The van der Waals surface area contributed by atoms with Crippen molar-refractivity contribution < 1.29 is 4.74 Å². The third-order valence-electron chi connectivity index (χ3n) is 1.93. The largest absolute Gasteiger partial charge is 0.494 e. The number of rotatable bonds is 4. The fraction of sp³-hybridized carbons (Fsp3) is 0.364. The van der Waals surface area contributed by atoms with E-state index in [1.54, 1.807) is 0 Å². The molecule has 0 heterocycles. The first-order valence-corrected chi connectivity index (χ1v) is 4.63. The molecule has 74 valence electrons. The normalized spacial score (nSPS) is 11.8. The van der Waals surface area contributed by atoms with Crippen molar-refractivity contribution in [2.75, 3.05) is 6.61 Å². The summed E-state index contributed by atoms with van der Waals surface area (Å²) >= 11 is 0. The van der Waals surface area contributed by atoms with Gasteiger partial charge in [0, 0.05) is 6.04 Å². The van der Waals surface area contributed by atoms with Gasteiger partial charge in [-0.3, -0.25) is 0 Å². The second kappa shape index (κ2) is 5.25. The molecule has 1 aromatic rings. The van der Waals surface area contributed by atoms with Crippen LogP contribution in [-0.2, 0) is 0 Å². The van der Waals surface area contributed by atoms with Gasteiger partial charge in [-0.05, 0) is 24.6 Å². The van der Waals surface area contributed by atoms with Gasteiger partial charge in [-0.2, -0.15) is 5.26 Å². The number of benzene rings is 1. The van der Waals surface area contributed by atoms with E-state index in [0.29, 0.717) is 13.0 Å². The lowest BCUT2D eigenvalue weighted by Crippen LogP contribution is -2.08. The lowest BCUT2D eigenvalue weighted by atomic mass is 10.1. The molecule has 0 aliphatic carbocycles. The Bertz CT molecular complexity index is 313. The summed E-state index contributed by atoms with van der Waals surface area (Å²) in [5.41, 5.74) is 6.73. The minimum atomic E-state index is -0.198. The summed E-state index contributed by atoms with van der Waals surface area (Å²) in [5.74, 6) is 0.834. The number of ether oxygens (including phenoxy) is 1. The number of hydrogen-bond acceptors (Lipinski definition) is 3. The quantitative estimate of drug-likeness (QED) is 0.789. The number of nitrogens with two attached hydrogens (primary N) is 1. The summed E-state index contributed by atoms with van der Waals surface area (Å²) in [5, 5.41) is 8.48. The topological polar surface area (TPSA) is 59.0 Å². The third-order valence-corrected chi connectivity index (χ3v) is 1.93. The van der Waals surface area contributed by atoms with Crippen LogP contribution >= 0.6 is 0 Å². The van der Waals surface area contributed by atoms with Crippen molar-refractivity contribution in [3.63, 3.8) is 0 Å². The Hall–Kier alpha value is -1.53. The first kappa shape index (κ1) is 10.6. The zero-order chi connectivity index (χ0) is 10.4. The van der Waals surface area contributed by atoms with Crippen LogP contribution in [0.5, 0.6) is 5.75 Å². The Morgan fingerprint density at radius 3 is 2.57 bits per heavy atom. The molecule has 0 saturated carbocycles. The van der Waals surface area contributed by atoms with Gasteiger partial charge in [0.1, 0.15) is 5.75 Å². The van der Waals surface area contributed by atoms with Crippen molar-refractivity contribution in [2.24, 2.45) is 5.73 Å². The summed E-state index contributed by atoms with van der Waals surface area (Å²) in [6, 6.07) is 9.38. The molecule has 0 aliphatic rings. The maximum absolute atomic E-state index is 8.48. The van der Waals surface area contributed by atoms with E-state index in [4.69, 9.17) is 15.7 Å². The van der Waals surface area contributed by atoms with Gasteiger partial charge in [0.05, 0.1) is 19.1 Å². The first-order valence-electron chi connectivity index (χ1n) is 4.63. The molecule has 0 unspecified atom stereocenters. The van der Waals surface area contributed by atoms with Gasteiger partial charge in [-0.25, -0.2) is 0 Å². The molecule has 0 spiro atoms.